The van der Waals surface area contributed by atoms with E-state index < -0.39 is 28.1 Å². The molecule has 10 heteroatoms. The van der Waals surface area contributed by atoms with E-state index in [1.165, 1.54) is 49.6 Å². The molecule has 30 heavy (non-hydrogen) atoms. The van der Waals surface area contributed by atoms with Crippen molar-refractivity contribution in [1.29, 1.82) is 0 Å². The number of carbonyl (C=O) groups excluding carboxylic acids is 1. The van der Waals surface area contributed by atoms with Crippen LogP contribution in [0.25, 0.3) is 0 Å². The predicted molar refractivity (Wildman–Crippen MR) is 104 cm³/mol. The van der Waals surface area contributed by atoms with Crippen molar-refractivity contribution in [3.05, 3.63) is 72.2 Å². The van der Waals surface area contributed by atoms with Crippen LogP contribution in [0.5, 0.6) is 11.5 Å². The molecule has 0 atom stereocenters. The van der Waals surface area contributed by atoms with Crippen molar-refractivity contribution in [2.45, 2.75) is 17.3 Å². The summed E-state index contributed by atoms with van der Waals surface area (Å²) >= 11 is 0. The lowest BCUT2D eigenvalue weighted by Crippen LogP contribution is -2.11. The van der Waals surface area contributed by atoms with Gasteiger partial charge in [0.1, 0.15) is 11.5 Å². The van der Waals surface area contributed by atoms with E-state index in [-0.39, 0.29) is 33.6 Å². The standard InChI is InChI=1S/C20H17F2NO6S/c1-27-16-9-7-13(11-18(16)29-20(21)22)23-19(24)17-10-8-14(28-17)12-30(25,26)15-5-3-2-4-6-15/h2-11,20H,12H2,1H3,(H,23,24). The molecule has 7 nitrogen and oxygen atoms in total. The normalized spacial score (nSPS) is 11.3. The summed E-state index contributed by atoms with van der Waals surface area (Å²) in [4.78, 5) is 12.5. The van der Waals surface area contributed by atoms with Crippen molar-refractivity contribution in [2.24, 2.45) is 0 Å². The fourth-order valence-electron chi connectivity index (χ4n) is 2.61. The van der Waals surface area contributed by atoms with Gasteiger partial charge < -0.3 is 19.2 Å². The number of hydrogen-bond donors (Lipinski definition) is 1. The van der Waals surface area contributed by atoms with Gasteiger partial charge in [-0.25, -0.2) is 8.42 Å². The van der Waals surface area contributed by atoms with Gasteiger partial charge in [0.05, 0.1) is 12.0 Å². The van der Waals surface area contributed by atoms with Gasteiger partial charge >= 0.3 is 6.61 Å². The van der Waals surface area contributed by atoms with Gasteiger partial charge in [-0.05, 0) is 36.4 Å². The van der Waals surface area contributed by atoms with Gasteiger partial charge in [0, 0.05) is 11.8 Å². The number of methoxy groups -OCH3 is 1. The summed E-state index contributed by atoms with van der Waals surface area (Å²) in [6, 6.07) is 14.5. The fourth-order valence-corrected chi connectivity index (χ4v) is 3.88. The quantitative estimate of drug-likeness (QED) is 0.570. The summed E-state index contributed by atoms with van der Waals surface area (Å²) in [7, 11) is -2.34. The molecule has 0 spiro atoms. The highest BCUT2D eigenvalue weighted by Crippen LogP contribution is 2.31. The largest absolute Gasteiger partial charge is 0.493 e. The fraction of sp³-hybridized carbons (Fsp3) is 0.150. The lowest BCUT2D eigenvalue weighted by Gasteiger charge is -2.11. The molecule has 3 aromatic rings. The van der Waals surface area contributed by atoms with E-state index in [0.717, 1.165) is 0 Å². The number of furan rings is 1. The molecule has 0 bridgehead atoms. The Morgan fingerprint density at radius 3 is 2.47 bits per heavy atom. The zero-order valence-corrected chi connectivity index (χ0v) is 16.5. The molecule has 0 radical (unpaired) electrons. The van der Waals surface area contributed by atoms with Crippen LogP contribution in [-0.2, 0) is 15.6 Å². The first-order valence-electron chi connectivity index (χ1n) is 8.59. The topological polar surface area (TPSA) is 94.8 Å². The molecular weight excluding hydrogens is 420 g/mol. The molecule has 1 heterocycles. The molecule has 0 aliphatic rings. The van der Waals surface area contributed by atoms with Crippen molar-refractivity contribution >= 4 is 21.4 Å². The number of carbonyl (C=O) groups is 1. The smallest absolute Gasteiger partial charge is 0.387 e. The van der Waals surface area contributed by atoms with E-state index in [2.05, 4.69) is 10.1 Å². The van der Waals surface area contributed by atoms with Crippen LogP contribution in [0.3, 0.4) is 0 Å². The van der Waals surface area contributed by atoms with Gasteiger partial charge in [-0.1, -0.05) is 18.2 Å². The van der Waals surface area contributed by atoms with Gasteiger partial charge in [-0.15, -0.1) is 0 Å². The number of nitrogens with one attached hydrogen (secondary N) is 1. The van der Waals surface area contributed by atoms with Crippen molar-refractivity contribution < 1.29 is 35.9 Å². The molecule has 0 fully saturated rings. The van der Waals surface area contributed by atoms with E-state index in [4.69, 9.17) is 9.15 Å². The Bertz CT molecular complexity index is 1130. The maximum Gasteiger partial charge on any atom is 0.387 e. The molecular formula is C20H17F2NO6S. The van der Waals surface area contributed by atoms with Crippen LogP contribution < -0.4 is 14.8 Å². The first-order chi connectivity index (χ1) is 14.3. The highest BCUT2D eigenvalue weighted by molar-refractivity contribution is 7.90. The molecule has 3 rings (SSSR count). The summed E-state index contributed by atoms with van der Waals surface area (Å²) in [6.45, 7) is -3.07. The van der Waals surface area contributed by atoms with Crippen molar-refractivity contribution in [1.82, 2.24) is 0 Å². The molecule has 1 N–H and O–H groups in total. The summed E-state index contributed by atoms with van der Waals surface area (Å²) in [5.74, 6) is -1.34. The lowest BCUT2D eigenvalue weighted by molar-refractivity contribution is -0.0511. The summed E-state index contributed by atoms with van der Waals surface area (Å²) in [5.41, 5.74) is 0.159. The average molecular weight is 437 g/mol. The minimum Gasteiger partial charge on any atom is -0.493 e. The molecule has 1 aromatic heterocycles. The first kappa shape index (κ1) is 21.3. The van der Waals surface area contributed by atoms with Crippen LogP contribution in [0.1, 0.15) is 16.3 Å². The Kier molecular flexibility index (Phi) is 6.36. The van der Waals surface area contributed by atoms with Gasteiger partial charge in [-0.2, -0.15) is 8.78 Å². The summed E-state index contributed by atoms with van der Waals surface area (Å²) in [6.07, 6.45) is 0. The van der Waals surface area contributed by atoms with Crippen LogP contribution in [0, 0.1) is 0 Å². The predicted octanol–water partition coefficient (Wildman–Crippen LogP) is 4.12. The molecule has 0 saturated carbocycles. The number of alkyl halides is 2. The lowest BCUT2D eigenvalue weighted by atomic mass is 10.2. The van der Waals surface area contributed by atoms with Gasteiger partial charge in [0.15, 0.2) is 27.1 Å². The maximum absolute atomic E-state index is 12.5. The second kappa shape index (κ2) is 8.95. The van der Waals surface area contributed by atoms with Crippen LogP contribution in [0.15, 0.2) is 70.0 Å². The monoisotopic (exact) mass is 437 g/mol. The van der Waals surface area contributed by atoms with Crippen molar-refractivity contribution in [2.75, 3.05) is 12.4 Å². The van der Waals surface area contributed by atoms with Crippen LogP contribution in [0.2, 0.25) is 0 Å². The van der Waals surface area contributed by atoms with Crippen molar-refractivity contribution in [3.63, 3.8) is 0 Å². The van der Waals surface area contributed by atoms with E-state index in [1.54, 1.807) is 18.2 Å². The number of halogens is 2. The third-order valence-corrected chi connectivity index (χ3v) is 5.61. The number of ether oxygens (including phenoxy) is 2. The van der Waals surface area contributed by atoms with Crippen LogP contribution >= 0.6 is 0 Å². The summed E-state index contributed by atoms with van der Waals surface area (Å²) in [5, 5.41) is 2.47. The Hall–Kier alpha value is -3.40. The molecule has 2 aromatic carbocycles. The third kappa shape index (κ3) is 5.15. The third-order valence-electron chi connectivity index (χ3n) is 3.96. The molecule has 1 amide bonds. The minimum atomic E-state index is -3.64. The Morgan fingerprint density at radius 1 is 1.07 bits per heavy atom. The molecule has 0 saturated heterocycles. The molecule has 0 unspecified atom stereocenters. The van der Waals surface area contributed by atoms with Gasteiger partial charge in [0.2, 0.25) is 0 Å². The highest BCUT2D eigenvalue weighted by Gasteiger charge is 2.20. The van der Waals surface area contributed by atoms with E-state index >= 15 is 0 Å². The molecule has 0 aliphatic heterocycles. The first-order valence-corrected chi connectivity index (χ1v) is 10.2. The number of benzene rings is 2. The molecule has 158 valence electrons. The number of rotatable bonds is 8. The highest BCUT2D eigenvalue weighted by atomic mass is 32.2. The summed E-state index contributed by atoms with van der Waals surface area (Å²) < 4.78 is 64.5. The van der Waals surface area contributed by atoms with Crippen LogP contribution in [0.4, 0.5) is 14.5 Å². The maximum atomic E-state index is 12.5. The number of hydrogen-bond acceptors (Lipinski definition) is 6. The second-order valence-corrected chi connectivity index (χ2v) is 8.03. The number of sulfone groups is 1. The SMILES string of the molecule is COc1ccc(NC(=O)c2ccc(CS(=O)(=O)c3ccccc3)o2)cc1OC(F)F. The average Bonchev–Trinajstić information content (AvgIpc) is 3.16. The zero-order valence-electron chi connectivity index (χ0n) is 15.7. The van der Waals surface area contributed by atoms with E-state index in [0.29, 0.717) is 0 Å². The minimum absolute atomic E-state index is 0.0692. The van der Waals surface area contributed by atoms with E-state index in [9.17, 15) is 22.0 Å². The zero-order chi connectivity index (χ0) is 21.7. The van der Waals surface area contributed by atoms with Crippen molar-refractivity contribution in [3.8, 4) is 11.5 Å². The molecule has 0 aliphatic carbocycles. The number of anilines is 1. The Morgan fingerprint density at radius 2 is 1.80 bits per heavy atom. The van der Waals surface area contributed by atoms with E-state index in [1.807, 2.05) is 0 Å². The van der Waals surface area contributed by atoms with Crippen LogP contribution in [-0.4, -0.2) is 28.0 Å². The number of amides is 1. The Balaban J connectivity index is 1.72. The second-order valence-electron chi connectivity index (χ2n) is 6.04. The Labute approximate surface area is 171 Å². The van der Waals surface area contributed by atoms with Gasteiger partial charge in [0.25, 0.3) is 5.91 Å². The van der Waals surface area contributed by atoms with Gasteiger partial charge in [-0.3, -0.25) is 4.79 Å².